The van der Waals surface area contributed by atoms with Crippen molar-refractivity contribution in [1.29, 1.82) is 0 Å². The van der Waals surface area contributed by atoms with Gasteiger partial charge in [0, 0.05) is 18.9 Å². The molecule has 1 saturated heterocycles. The van der Waals surface area contributed by atoms with E-state index in [1.54, 1.807) is 33.9 Å². The van der Waals surface area contributed by atoms with Crippen LogP contribution in [0, 0.1) is 5.82 Å². The van der Waals surface area contributed by atoms with E-state index in [4.69, 9.17) is 4.74 Å². The Hall–Kier alpha value is -3.03. The quantitative estimate of drug-likeness (QED) is 0.728. The monoisotopic (exact) mass is 341 g/mol. The molecule has 0 saturated carbocycles. The fourth-order valence-electron chi connectivity index (χ4n) is 2.96. The minimum atomic E-state index is -0.498. The van der Waals surface area contributed by atoms with Gasteiger partial charge in [0.15, 0.2) is 5.82 Å². The number of carbonyl (C=O) groups is 1. The first kappa shape index (κ1) is 15.5. The Kier molecular flexibility index (Phi) is 4.01. The van der Waals surface area contributed by atoms with Crippen molar-refractivity contribution in [2.24, 2.45) is 0 Å². The Bertz CT molecular complexity index is 913. The largest absolute Gasteiger partial charge is 0.470 e. The maximum absolute atomic E-state index is 13.7. The topological polar surface area (TPSA) is 72.6 Å². The standard InChI is InChI=1S/C17H16FN5O2/c18-15-4-1-7-19-16(15)25-14-3-2-8-22(11-14)17(24)12-5-6-13-9-20-21-23(13)10-12/h1,4-7,9-10,14H,2-3,8,11H2. The molecule has 1 atom stereocenters. The molecule has 1 amide bonds. The maximum Gasteiger partial charge on any atom is 0.255 e. The number of halogens is 1. The predicted molar refractivity (Wildman–Crippen MR) is 86.7 cm³/mol. The lowest BCUT2D eigenvalue weighted by Gasteiger charge is -2.32. The zero-order chi connectivity index (χ0) is 17.2. The van der Waals surface area contributed by atoms with E-state index < -0.39 is 5.82 Å². The highest BCUT2D eigenvalue weighted by Crippen LogP contribution is 2.20. The van der Waals surface area contributed by atoms with Gasteiger partial charge < -0.3 is 9.64 Å². The van der Waals surface area contributed by atoms with Gasteiger partial charge >= 0.3 is 0 Å². The lowest BCUT2D eigenvalue weighted by atomic mass is 10.1. The van der Waals surface area contributed by atoms with Gasteiger partial charge in [-0.2, -0.15) is 0 Å². The molecule has 1 aliphatic rings. The van der Waals surface area contributed by atoms with Crippen molar-refractivity contribution in [2.75, 3.05) is 13.1 Å². The van der Waals surface area contributed by atoms with Crippen molar-refractivity contribution in [3.05, 3.63) is 54.2 Å². The number of carbonyl (C=O) groups excluding carboxylic acids is 1. The molecule has 0 N–H and O–H groups in total. The summed E-state index contributed by atoms with van der Waals surface area (Å²) >= 11 is 0. The fourth-order valence-corrected chi connectivity index (χ4v) is 2.96. The molecular weight excluding hydrogens is 325 g/mol. The van der Waals surface area contributed by atoms with Crippen molar-refractivity contribution in [3.8, 4) is 5.88 Å². The SMILES string of the molecule is O=C(c1ccc2cnnn2c1)N1CCCC(Oc2ncccc2F)C1. The van der Waals surface area contributed by atoms with Crippen LogP contribution in [0.15, 0.2) is 42.9 Å². The molecule has 4 rings (SSSR count). The van der Waals surface area contributed by atoms with Gasteiger partial charge in [-0.15, -0.1) is 5.10 Å². The Morgan fingerprint density at radius 1 is 1.32 bits per heavy atom. The smallest absolute Gasteiger partial charge is 0.255 e. The highest BCUT2D eigenvalue weighted by molar-refractivity contribution is 5.94. The van der Waals surface area contributed by atoms with Crippen LogP contribution < -0.4 is 4.74 Å². The van der Waals surface area contributed by atoms with Crippen molar-refractivity contribution in [1.82, 2.24) is 24.7 Å². The molecule has 128 valence electrons. The van der Waals surface area contributed by atoms with Crippen molar-refractivity contribution < 1.29 is 13.9 Å². The summed E-state index contributed by atoms with van der Waals surface area (Å²) < 4.78 is 20.9. The minimum absolute atomic E-state index is 0.0224. The number of hydrogen-bond acceptors (Lipinski definition) is 5. The molecule has 0 aromatic carbocycles. The number of likely N-dealkylation sites (tertiary alicyclic amines) is 1. The van der Waals surface area contributed by atoms with E-state index in [9.17, 15) is 9.18 Å². The van der Waals surface area contributed by atoms with E-state index in [1.807, 2.05) is 0 Å². The number of nitrogens with zero attached hydrogens (tertiary/aromatic N) is 5. The van der Waals surface area contributed by atoms with Crippen LogP contribution in [0.1, 0.15) is 23.2 Å². The normalized spacial score (nSPS) is 17.6. The summed E-state index contributed by atoms with van der Waals surface area (Å²) in [5, 5.41) is 7.72. The Balaban J connectivity index is 1.48. The van der Waals surface area contributed by atoms with Gasteiger partial charge in [0.1, 0.15) is 6.10 Å². The second-order valence-electron chi connectivity index (χ2n) is 5.94. The van der Waals surface area contributed by atoms with Gasteiger partial charge in [0.05, 0.1) is 23.8 Å². The Morgan fingerprint density at radius 3 is 3.12 bits per heavy atom. The number of hydrogen-bond donors (Lipinski definition) is 0. The van der Waals surface area contributed by atoms with Crippen LogP contribution in [-0.2, 0) is 0 Å². The van der Waals surface area contributed by atoms with Crippen LogP contribution in [0.3, 0.4) is 0 Å². The van der Waals surface area contributed by atoms with Crippen LogP contribution in [0.5, 0.6) is 5.88 Å². The van der Waals surface area contributed by atoms with Gasteiger partial charge in [0.25, 0.3) is 11.8 Å². The van der Waals surface area contributed by atoms with Crippen LogP contribution in [0.4, 0.5) is 4.39 Å². The lowest BCUT2D eigenvalue weighted by molar-refractivity contribution is 0.0517. The summed E-state index contributed by atoms with van der Waals surface area (Å²) in [5.74, 6) is -0.624. The highest BCUT2D eigenvalue weighted by atomic mass is 19.1. The van der Waals surface area contributed by atoms with Crippen molar-refractivity contribution in [3.63, 3.8) is 0 Å². The summed E-state index contributed by atoms with van der Waals surface area (Å²) in [6.45, 7) is 1.03. The number of piperidine rings is 1. The molecule has 0 bridgehead atoms. The molecule has 1 unspecified atom stereocenters. The van der Waals surface area contributed by atoms with Gasteiger partial charge in [-0.25, -0.2) is 13.9 Å². The van der Waals surface area contributed by atoms with E-state index in [2.05, 4.69) is 15.3 Å². The van der Waals surface area contributed by atoms with Crippen LogP contribution in [0.2, 0.25) is 0 Å². The van der Waals surface area contributed by atoms with E-state index in [-0.39, 0.29) is 17.9 Å². The van der Waals surface area contributed by atoms with Crippen molar-refractivity contribution >= 4 is 11.4 Å². The molecule has 3 aromatic rings. The summed E-state index contributed by atoms with van der Waals surface area (Å²) in [4.78, 5) is 18.4. The molecule has 4 heterocycles. The molecule has 25 heavy (non-hydrogen) atoms. The van der Waals surface area contributed by atoms with Gasteiger partial charge in [-0.05, 0) is 37.1 Å². The van der Waals surface area contributed by atoms with Crippen LogP contribution >= 0.6 is 0 Å². The van der Waals surface area contributed by atoms with E-state index in [1.165, 1.54) is 18.3 Å². The number of rotatable bonds is 3. The molecule has 8 heteroatoms. The zero-order valence-corrected chi connectivity index (χ0v) is 13.4. The number of amides is 1. The second-order valence-corrected chi connectivity index (χ2v) is 5.94. The van der Waals surface area contributed by atoms with Gasteiger partial charge in [0.2, 0.25) is 0 Å². The van der Waals surface area contributed by atoms with Crippen LogP contribution in [0.25, 0.3) is 5.52 Å². The molecule has 0 spiro atoms. The number of pyridine rings is 2. The summed E-state index contributed by atoms with van der Waals surface area (Å²) in [5.41, 5.74) is 1.35. The predicted octanol–water partition coefficient (Wildman–Crippen LogP) is 1.95. The number of aromatic nitrogens is 4. The summed E-state index contributed by atoms with van der Waals surface area (Å²) in [6, 6.07) is 6.37. The van der Waals surface area contributed by atoms with E-state index in [0.717, 1.165) is 18.4 Å². The average molecular weight is 341 g/mol. The molecule has 3 aromatic heterocycles. The zero-order valence-electron chi connectivity index (χ0n) is 13.4. The van der Waals surface area contributed by atoms with Crippen molar-refractivity contribution in [2.45, 2.75) is 18.9 Å². The van der Waals surface area contributed by atoms with Gasteiger partial charge in [-0.3, -0.25) is 4.79 Å². The molecular formula is C17H16FN5O2. The number of fused-ring (bicyclic) bond motifs is 1. The first-order valence-electron chi connectivity index (χ1n) is 8.07. The minimum Gasteiger partial charge on any atom is -0.470 e. The third-order valence-corrected chi connectivity index (χ3v) is 4.21. The van der Waals surface area contributed by atoms with Crippen LogP contribution in [-0.4, -0.2) is 49.8 Å². The first-order chi connectivity index (χ1) is 12.2. The average Bonchev–Trinajstić information content (AvgIpc) is 3.11. The number of ether oxygens (including phenoxy) is 1. The molecule has 0 radical (unpaired) electrons. The first-order valence-corrected chi connectivity index (χ1v) is 8.07. The molecule has 1 aliphatic heterocycles. The third kappa shape index (κ3) is 3.15. The fraction of sp³-hybridized carbons (Fsp3) is 0.294. The second kappa shape index (κ2) is 6.46. The highest BCUT2D eigenvalue weighted by Gasteiger charge is 2.27. The summed E-state index contributed by atoms with van der Waals surface area (Å²) in [6.07, 6.45) is 6.03. The molecule has 0 aliphatic carbocycles. The molecule has 7 nitrogen and oxygen atoms in total. The van der Waals surface area contributed by atoms with E-state index in [0.29, 0.717) is 18.7 Å². The summed E-state index contributed by atoms with van der Waals surface area (Å²) in [7, 11) is 0. The lowest BCUT2D eigenvalue weighted by Crippen LogP contribution is -2.44. The van der Waals surface area contributed by atoms with E-state index >= 15 is 0 Å². The third-order valence-electron chi connectivity index (χ3n) is 4.21. The maximum atomic E-state index is 13.7. The van der Waals surface area contributed by atoms with Gasteiger partial charge in [-0.1, -0.05) is 5.21 Å². The Labute approximate surface area is 143 Å². The Morgan fingerprint density at radius 2 is 2.24 bits per heavy atom. The molecule has 1 fully saturated rings.